The Balaban J connectivity index is 1.52. The zero-order chi connectivity index (χ0) is 20.8. The van der Waals surface area contributed by atoms with Gasteiger partial charge in [-0.1, -0.05) is 6.07 Å². The molecule has 3 rings (SSSR count). The number of hydrogen-bond acceptors (Lipinski definition) is 6. The SMILES string of the molecule is Cc1ccc(C(=O)OCC(=O)Nc2ccc(N3CCCCC3)cc2)cc1[N+](=O)[O-]. The number of nitrogens with one attached hydrogen (secondary N) is 1. The molecular formula is C21H23N3O5. The van der Waals surface area contributed by atoms with Crippen LogP contribution in [0.5, 0.6) is 0 Å². The number of nitro groups is 1. The minimum Gasteiger partial charge on any atom is -0.452 e. The molecule has 0 unspecified atom stereocenters. The predicted octanol–water partition coefficient (Wildman–Crippen LogP) is 3.69. The van der Waals surface area contributed by atoms with Crippen LogP contribution >= 0.6 is 0 Å². The van der Waals surface area contributed by atoms with Crippen molar-refractivity contribution in [3.8, 4) is 0 Å². The summed E-state index contributed by atoms with van der Waals surface area (Å²) in [5.74, 6) is -1.27. The molecule has 29 heavy (non-hydrogen) atoms. The van der Waals surface area contributed by atoms with Gasteiger partial charge in [0.25, 0.3) is 11.6 Å². The Kier molecular flexibility index (Phi) is 6.43. The van der Waals surface area contributed by atoms with E-state index in [1.807, 2.05) is 24.3 Å². The van der Waals surface area contributed by atoms with Gasteiger partial charge in [-0.15, -0.1) is 0 Å². The average molecular weight is 397 g/mol. The van der Waals surface area contributed by atoms with Crippen molar-refractivity contribution in [3.63, 3.8) is 0 Å². The van der Waals surface area contributed by atoms with Crippen molar-refractivity contribution >= 4 is 28.9 Å². The molecule has 152 valence electrons. The van der Waals surface area contributed by atoms with Crippen molar-refractivity contribution in [2.45, 2.75) is 26.2 Å². The second-order valence-corrected chi connectivity index (χ2v) is 6.98. The summed E-state index contributed by atoms with van der Waals surface area (Å²) in [4.78, 5) is 36.9. The van der Waals surface area contributed by atoms with Gasteiger partial charge < -0.3 is 15.0 Å². The van der Waals surface area contributed by atoms with Gasteiger partial charge in [0.2, 0.25) is 0 Å². The number of ether oxygens (including phenoxy) is 1. The molecule has 0 aliphatic carbocycles. The van der Waals surface area contributed by atoms with E-state index in [0.29, 0.717) is 11.3 Å². The molecule has 2 aromatic rings. The van der Waals surface area contributed by atoms with E-state index in [1.165, 1.54) is 31.4 Å². The van der Waals surface area contributed by atoms with Crippen LogP contribution in [-0.2, 0) is 9.53 Å². The zero-order valence-corrected chi connectivity index (χ0v) is 16.2. The van der Waals surface area contributed by atoms with Gasteiger partial charge >= 0.3 is 5.97 Å². The van der Waals surface area contributed by atoms with E-state index in [9.17, 15) is 19.7 Å². The Hall–Kier alpha value is -3.42. The van der Waals surface area contributed by atoms with Crippen molar-refractivity contribution < 1.29 is 19.2 Å². The minimum atomic E-state index is -0.788. The number of amides is 1. The third-order valence-corrected chi connectivity index (χ3v) is 4.85. The first kappa shape index (κ1) is 20.3. The molecule has 1 saturated heterocycles. The van der Waals surface area contributed by atoms with Crippen molar-refractivity contribution in [2.24, 2.45) is 0 Å². The number of piperidine rings is 1. The highest BCUT2D eigenvalue weighted by atomic mass is 16.6. The second kappa shape index (κ2) is 9.18. The number of carbonyl (C=O) groups is 2. The van der Waals surface area contributed by atoms with Crippen LogP contribution in [-0.4, -0.2) is 36.5 Å². The van der Waals surface area contributed by atoms with E-state index < -0.39 is 23.4 Å². The van der Waals surface area contributed by atoms with Crippen molar-refractivity contribution in [3.05, 3.63) is 63.7 Å². The Labute approximate surface area is 168 Å². The zero-order valence-electron chi connectivity index (χ0n) is 16.2. The Morgan fingerprint density at radius 1 is 1.10 bits per heavy atom. The molecule has 0 spiro atoms. The molecule has 1 heterocycles. The van der Waals surface area contributed by atoms with Crippen LogP contribution in [0, 0.1) is 17.0 Å². The third-order valence-electron chi connectivity index (χ3n) is 4.85. The molecule has 0 aromatic heterocycles. The van der Waals surface area contributed by atoms with Crippen molar-refractivity contribution in [1.82, 2.24) is 0 Å². The molecule has 1 aliphatic heterocycles. The van der Waals surface area contributed by atoms with Crippen LogP contribution in [0.3, 0.4) is 0 Å². The number of benzene rings is 2. The lowest BCUT2D eigenvalue weighted by molar-refractivity contribution is -0.385. The van der Waals surface area contributed by atoms with E-state index in [4.69, 9.17) is 4.74 Å². The van der Waals surface area contributed by atoms with Gasteiger partial charge in [0, 0.05) is 36.1 Å². The van der Waals surface area contributed by atoms with E-state index in [1.54, 1.807) is 6.92 Å². The number of esters is 1. The fourth-order valence-corrected chi connectivity index (χ4v) is 3.25. The maximum absolute atomic E-state index is 12.1. The summed E-state index contributed by atoms with van der Waals surface area (Å²) < 4.78 is 4.97. The standard InChI is InChI=1S/C21H23N3O5/c1-15-5-6-16(13-19(15)24(27)28)21(26)29-14-20(25)22-17-7-9-18(10-8-17)23-11-3-2-4-12-23/h5-10,13H,2-4,11-12,14H2,1H3,(H,22,25). The first-order valence-electron chi connectivity index (χ1n) is 9.51. The van der Waals surface area contributed by atoms with Crippen molar-refractivity contribution in [2.75, 3.05) is 29.9 Å². The van der Waals surface area contributed by atoms with Crippen LogP contribution in [0.25, 0.3) is 0 Å². The normalized spacial score (nSPS) is 13.6. The van der Waals surface area contributed by atoms with E-state index >= 15 is 0 Å². The summed E-state index contributed by atoms with van der Waals surface area (Å²) in [6, 6.07) is 11.6. The number of aryl methyl sites for hydroxylation is 1. The summed E-state index contributed by atoms with van der Waals surface area (Å²) in [6.07, 6.45) is 3.64. The molecule has 0 saturated carbocycles. The highest BCUT2D eigenvalue weighted by Crippen LogP contribution is 2.22. The number of hydrogen-bond donors (Lipinski definition) is 1. The van der Waals surface area contributed by atoms with E-state index in [0.717, 1.165) is 24.8 Å². The predicted molar refractivity (Wildman–Crippen MR) is 109 cm³/mol. The number of anilines is 2. The monoisotopic (exact) mass is 397 g/mol. The largest absolute Gasteiger partial charge is 0.452 e. The lowest BCUT2D eigenvalue weighted by Crippen LogP contribution is -2.29. The highest BCUT2D eigenvalue weighted by molar-refractivity contribution is 5.95. The Morgan fingerprint density at radius 2 is 1.79 bits per heavy atom. The summed E-state index contributed by atoms with van der Waals surface area (Å²) in [5, 5.41) is 13.7. The average Bonchev–Trinajstić information content (AvgIpc) is 2.73. The molecule has 1 fully saturated rings. The summed E-state index contributed by atoms with van der Waals surface area (Å²) in [7, 11) is 0. The first-order chi connectivity index (χ1) is 13.9. The minimum absolute atomic E-state index is 0.0287. The van der Waals surface area contributed by atoms with Gasteiger partial charge in [0.05, 0.1) is 10.5 Å². The Bertz CT molecular complexity index is 905. The lowest BCUT2D eigenvalue weighted by atomic mass is 10.1. The molecule has 0 bridgehead atoms. The number of carbonyl (C=O) groups excluding carboxylic acids is 2. The number of nitro benzene ring substituents is 1. The van der Waals surface area contributed by atoms with Crippen LogP contribution in [0.1, 0.15) is 35.2 Å². The molecule has 1 amide bonds. The quantitative estimate of drug-likeness (QED) is 0.453. The fourth-order valence-electron chi connectivity index (χ4n) is 3.25. The number of nitrogens with zero attached hydrogens (tertiary/aromatic N) is 2. The maximum atomic E-state index is 12.1. The fraction of sp³-hybridized carbons (Fsp3) is 0.333. The van der Waals surface area contributed by atoms with Crippen molar-refractivity contribution in [1.29, 1.82) is 0 Å². The molecule has 0 radical (unpaired) electrons. The first-order valence-corrected chi connectivity index (χ1v) is 9.51. The molecular weight excluding hydrogens is 374 g/mol. The summed E-state index contributed by atoms with van der Waals surface area (Å²) in [5.41, 5.74) is 2.03. The van der Waals surface area contributed by atoms with Crippen LogP contribution in [0.2, 0.25) is 0 Å². The van der Waals surface area contributed by atoms with Crippen LogP contribution in [0.15, 0.2) is 42.5 Å². The molecule has 2 aromatic carbocycles. The second-order valence-electron chi connectivity index (χ2n) is 6.98. The van der Waals surface area contributed by atoms with E-state index in [2.05, 4.69) is 10.2 Å². The van der Waals surface area contributed by atoms with Gasteiger partial charge in [0.15, 0.2) is 6.61 Å². The smallest absolute Gasteiger partial charge is 0.338 e. The summed E-state index contributed by atoms with van der Waals surface area (Å²) in [6.45, 7) is 3.18. The van der Waals surface area contributed by atoms with Gasteiger partial charge in [0.1, 0.15) is 0 Å². The van der Waals surface area contributed by atoms with Gasteiger partial charge in [-0.2, -0.15) is 0 Å². The Morgan fingerprint density at radius 3 is 2.45 bits per heavy atom. The van der Waals surface area contributed by atoms with Gasteiger partial charge in [-0.25, -0.2) is 4.79 Å². The van der Waals surface area contributed by atoms with Crippen LogP contribution < -0.4 is 10.2 Å². The molecule has 1 N–H and O–H groups in total. The summed E-state index contributed by atoms with van der Waals surface area (Å²) >= 11 is 0. The molecule has 0 atom stereocenters. The van der Waals surface area contributed by atoms with Gasteiger partial charge in [-0.05, 0) is 56.5 Å². The molecule has 1 aliphatic rings. The third kappa shape index (κ3) is 5.31. The van der Waals surface area contributed by atoms with E-state index in [-0.39, 0.29) is 11.3 Å². The maximum Gasteiger partial charge on any atom is 0.338 e. The molecule has 8 nitrogen and oxygen atoms in total. The number of rotatable bonds is 6. The van der Waals surface area contributed by atoms with Gasteiger partial charge in [-0.3, -0.25) is 14.9 Å². The topological polar surface area (TPSA) is 102 Å². The molecule has 8 heteroatoms. The highest BCUT2D eigenvalue weighted by Gasteiger charge is 2.17. The lowest BCUT2D eigenvalue weighted by Gasteiger charge is -2.28. The van der Waals surface area contributed by atoms with Crippen LogP contribution in [0.4, 0.5) is 17.1 Å².